The Bertz CT molecular complexity index is 513. The molecule has 1 rings (SSSR count). The summed E-state index contributed by atoms with van der Waals surface area (Å²) in [7, 11) is 0. The highest BCUT2D eigenvalue weighted by Crippen LogP contribution is 2.25. The fourth-order valence-corrected chi connectivity index (χ4v) is 3.12. The van der Waals surface area contributed by atoms with Crippen molar-refractivity contribution in [2.24, 2.45) is 0 Å². The number of phenols is 1. The average Bonchev–Trinajstić information content (AvgIpc) is 2.59. The van der Waals surface area contributed by atoms with Gasteiger partial charge in [0.15, 0.2) is 6.10 Å². The first-order chi connectivity index (χ1) is 12.6. The molecule has 0 fully saturated rings. The summed E-state index contributed by atoms with van der Waals surface area (Å²) < 4.78 is 5.69. The summed E-state index contributed by atoms with van der Waals surface area (Å²) >= 11 is 0. The molecule has 0 aliphatic heterocycles. The molecule has 1 unspecified atom stereocenters. The molecule has 0 aliphatic carbocycles. The molecule has 0 bridgehead atoms. The number of aryl methyl sites for hydroxylation is 1. The summed E-state index contributed by atoms with van der Waals surface area (Å²) in [5.41, 5.74) is 0.994. The highest BCUT2D eigenvalue weighted by Gasteiger charge is 2.19. The normalized spacial score (nSPS) is 12.1. The van der Waals surface area contributed by atoms with E-state index in [4.69, 9.17) is 4.74 Å². The summed E-state index contributed by atoms with van der Waals surface area (Å²) in [5, 5.41) is 19.3. The molecular formula is C22H36O4. The average molecular weight is 365 g/mol. The largest absolute Gasteiger partial charge is 0.508 e. The Hall–Kier alpha value is -1.71. The number of aromatic hydroxyl groups is 1. The molecule has 4 heteroatoms. The standard InChI is InChI=1S/C22H36O4/c1-3-5-7-8-9-10-12-14-21(22(24)25)26-20-16-18(13-11-6-4-2)15-19(23)17-20/h15-17,21,23H,3-14H2,1-2H3,(H,24,25). The fourth-order valence-electron chi connectivity index (χ4n) is 3.12. The van der Waals surface area contributed by atoms with E-state index in [0.717, 1.165) is 50.5 Å². The monoisotopic (exact) mass is 364 g/mol. The third-order valence-corrected chi connectivity index (χ3v) is 4.64. The third kappa shape index (κ3) is 9.69. The van der Waals surface area contributed by atoms with Crippen molar-refractivity contribution in [1.29, 1.82) is 0 Å². The first kappa shape index (κ1) is 22.3. The Morgan fingerprint density at radius 3 is 2.19 bits per heavy atom. The lowest BCUT2D eigenvalue weighted by atomic mass is 10.1. The maximum Gasteiger partial charge on any atom is 0.344 e. The van der Waals surface area contributed by atoms with Gasteiger partial charge in [-0.2, -0.15) is 0 Å². The molecule has 0 saturated heterocycles. The molecule has 0 saturated carbocycles. The van der Waals surface area contributed by atoms with Crippen LogP contribution in [0.5, 0.6) is 11.5 Å². The predicted octanol–water partition coefficient (Wildman–Crippen LogP) is 6.10. The highest BCUT2D eigenvalue weighted by molar-refractivity contribution is 5.72. The van der Waals surface area contributed by atoms with Crippen molar-refractivity contribution >= 4 is 5.97 Å². The van der Waals surface area contributed by atoms with Crippen LogP contribution in [0.15, 0.2) is 18.2 Å². The van der Waals surface area contributed by atoms with Crippen LogP contribution in [0.3, 0.4) is 0 Å². The Morgan fingerprint density at radius 2 is 1.54 bits per heavy atom. The van der Waals surface area contributed by atoms with Crippen LogP contribution in [0, 0.1) is 0 Å². The second kappa shape index (κ2) is 13.5. The third-order valence-electron chi connectivity index (χ3n) is 4.64. The van der Waals surface area contributed by atoms with Crippen LogP contribution in [0.2, 0.25) is 0 Å². The summed E-state index contributed by atoms with van der Waals surface area (Å²) in [6.45, 7) is 4.35. The number of hydrogen-bond acceptors (Lipinski definition) is 3. The Kier molecular flexibility index (Phi) is 11.6. The van der Waals surface area contributed by atoms with Crippen LogP contribution in [-0.4, -0.2) is 22.3 Å². The molecule has 0 aliphatic rings. The molecule has 148 valence electrons. The maximum absolute atomic E-state index is 11.5. The first-order valence-electron chi connectivity index (χ1n) is 10.3. The van der Waals surface area contributed by atoms with Gasteiger partial charge in [-0.25, -0.2) is 4.79 Å². The Morgan fingerprint density at radius 1 is 0.923 bits per heavy atom. The number of aliphatic carboxylic acids is 1. The van der Waals surface area contributed by atoms with Crippen molar-refractivity contribution in [2.45, 2.75) is 97.0 Å². The number of hydrogen-bond donors (Lipinski definition) is 2. The van der Waals surface area contributed by atoms with Crippen molar-refractivity contribution in [3.05, 3.63) is 23.8 Å². The second-order valence-electron chi connectivity index (χ2n) is 7.15. The highest BCUT2D eigenvalue weighted by atomic mass is 16.5. The fraction of sp³-hybridized carbons (Fsp3) is 0.682. The number of ether oxygens (including phenoxy) is 1. The zero-order valence-corrected chi connectivity index (χ0v) is 16.5. The van der Waals surface area contributed by atoms with E-state index in [1.54, 1.807) is 6.07 Å². The Labute approximate surface area is 158 Å². The van der Waals surface area contributed by atoms with Crippen LogP contribution in [0.25, 0.3) is 0 Å². The number of benzene rings is 1. The molecule has 2 N–H and O–H groups in total. The molecule has 4 nitrogen and oxygen atoms in total. The molecule has 1 aromatic rings. The van der Waals surface area contributed by atoms with Crippen molar-refractivity contribution in [1.82, 2.24) is 0 Å². The van der Waals surface area contributed by atoms with E-state index in [9.17, 15) is 15.0 Å². The van der Waals surface area contributed by atoms with Gasteiger partial charge in [-0.3, -0.25) is 0 Å². The van der Waals surface area contributed by atoms with Gasteiger partial charge >= 0.3 is 5.97 Å². The summed E-state index contributed by atoms with van der Waals surface area (Å²) in [6.07, 6.45) is 11.9. The predicted molar refractivity (Wildman–Crippen MR) is 106 cm³/mol. The minimum Gasteiger partial charge on any atom is -0.508 e. The van der Waals surface area contributed by atoms with Crippen LogP contribution in [0.1, 0.15) is 90.0 Å². The zero-order valence-electron chi connectivity index (χ0n) is 16.5. The lowest BCUT2D eigenvalue weighted by Crippen LogP contribution is -2.27. The zero-order chi connectivity index (χ0) is 19.2. The van der Waals surface area contributed by atoms with E-state index in [1.165, 1.54) is 31.7 Å². The molecule has 0 spiro atoms. The molecule has 1 atom stereocenters. The van der Waals surface area contributed by atoms with Gasteiger partial charge in [0.05, 0.1) is 0 Å². The molecular weight excluding hydrogens is 328 g/mol. The number of carboxylic acid groups (broad SMARTS) is 1. The lowest BCUT2D eigenvalue weighted by molar-refractivity contribution is -0.145. The molecule has 1 aromatic carbocycles. The molecule has 0 aromatic heterocycles. The van der Waals surface area contributed by atoms with Gasteiger partial charge in [0.1, 0.15) is 11.5 Å². The number of rotatable bonds is 15. The van der Waals surface area contributed by atoms with Gasteiger partial charge in [0, 0.05) is 6.07 Å². The smallest absolute Gasteiger partial charge is 0.344 e. The van der Waals surface area contributed by atoms with Crippen LogP contribution < -0.4 is 4.74 Å². The molecule has 0 amide bonds. The summed E-state index contributed by atoms with van der Waals surface area (Å²) in [5.74, 6) is -0.354. The van der Waals surface area contributed by atoms with Crippen LogP contribution >= 0.6 is 0 Å². The quantitative estimate of drug-likeness (QED) is 0.369. The summed E-state index contributed by atoms with van der Waals surface area (Å²) in [6, 6.07) is 5.09. The van der Waals surface area contributed by atoms with Gasteiger partial charge in [-0.05, 0) is 43.4 Å². The van der Waals surface area contributed by atoms with Crippen molar-refractivity contribution in [3.8, 4) is 11.5 Å². The van der Waals surface area contributed by atoms with E-state index in [1.807, 2.05) is 6.07 Å². The van der Waals surface area contributed by atoms with Gasteiger partial charge in [-0.1, -0.05) is 65.2 Å². The van der Waals surface area contributed by atoms with Gasteiger partial charge in [0.2, 0.25) is 0 Å². The molecule has 0 heterocycles. The second-order valence-corrected chi connectivity index (χ2v) is 7.15. The lowest BCUT2D eigenvalue weighted by Gasteiger charge is -2.16. The SMILES string of the molecule is CCCCCCCCCC(Oc1cc(O)cc(CCCCC)c1)C(=O)O. The van der Waals surface area contributed by atoms with Crippen molar-refractivity contribution in [3.63, 3.8) is 0 Å². The van der Waals surface area contributed by atoms with E-state index in [0.29, 0.717) is 12.2 Å². The number of carbonyl (C=O) groups is 1. The van der Waals surface area contributed by atoms with Gasteiger partial charge in [0.25, 0.3) is 0 Å². The van der Waals surface area contributed by atoms with E-state index >= 15 is 0 Å². The van der Waals surface area contributed by atoms with Crippen LogP contribution in [0.4, 0.5) is 0 Å². The van der Waals surface area contributed by atoms with E-state index in [2.05, 4.69) is 13.8 Å². The Balaban J connectivity index is 2.49. The maximum atomic E-state index is 11.5. The van der Waals surface area contributed by atoms with Crippen molar-refractivity contribution in [2.75, 3.05) is 0 Å². The van der Waals surface area contributed by atoms with E-state index in [-0.39, 0.29) is 5.75 Å². The topological polar surface area (TPSA) is 66.8 Å². The summed E-state index contributed by atoms with van der Waals surface area (Å²) in [4.78, 5) is 11.5. The number of phenolic OH excluding ortho intramolecular Hbond substituents is 1. The van der Waals surface area contributed by atoms with Gasteiger partial charge in [-0.15, -0.1) is 0 Å². The minimum atomic E-state index is -0.938. The first-order valence-corrected chi connectivity index (χ1v) is 10.3. The van der Waals surface area contributed by atoms with E-state index < -0.39 is 12.1 Å². The van der Waals surface area contributed by atoms with Crippen molar-refractivity contribution < 1.29 is 19.7 Å². The van der Waals surface area contributed by atoms with Crippen LogP contribution in [-0.2, 0) is 11.2 Å². The number of carboxylic acids is 1. The molecule has 26 heavy (non-hydrogen) atoms. The minimum absolute atomic E-state index is 0.133. The molecule has 0 radical (unpaired) electrons. The van der Waals surface area contributed by atoms with Gasteiger partial charge < -0.3 is 14.9 Å². The number of unbranched alkanes of at least 4 members (excludes halogenated alkanes) is 8.